The van der Waals surface area contributed by atoms with Crippen molar-refractivity contribution in [3.8, 4) is 11.1 Å². The van der Waals surface area contributed by atoms with Gasteiger partial charge in [0.15, 0.2) is 5.78 Å². The lowest BCUT2D eigenvalue weighted by molar-refractivity contribution is -0.140. The highest BCUT2D eigenvalue weighted by Crippen LogP contribution is 2.42. The highest BCUT2D eigenvalue weighted by Gasteiger charge is 2.39. The first-order valence-electron chi connectivity index (χ1n) is 10.7. The minimum absolute atomic E-state index is 0.0978. The van der Waals surface area contributed by atoms with Crippen LogP contribution in [0.3, 0.4) is 0 Å². The van der Waals surface area contributed by atoms with Crippen LogP contribution in [0, 0.1) is 0 Å². The molecule has 5 nitrogen and oxygen atoms in total. The molecule has 0 fully saturated rings. The molecule has 4 rings (SSSR count). The monoisotopic (exact) mass is 417 g/mol. The van der Waals surface area contributed by atoms with Gasteiger partial charge in [-0.15, -0.1) is 0 Å². The van der Waals surface area contributed by atoms with Crippen LogP contribution in [0.25, 0.3) is 11.1 Å². The van der Waals surface area contributed by atoms with Crippen LogP contribution in [0.5, 0.6) is 0 Å². The fourth-order valence-electron chi connectivity index (χ4n) is 4.38. The molecule has 0 saturated carbocycles. The van der Waals surface area contributed by atoms with Gasteiger partial charge in [-0.3, -0.25) is 4.79 Å². The van der Waals surface area contributed by atoms with Crippen molar-refractivity contribution < 1.29 is 19.1 Å². The summed E-state index contributed by atoms with van der Waals surface area (Å²) >= 11 is 0. The number of carbonyl (C=O) groups is 2. The van der Waals surface area contributed by atoms with E-state index < -0.39 is 11.9 Å². The molecule has 2 aromatic carbocycles. The second-order valence-electron chi connectivity index (χ2n) is 7.88. The molecular weight excluding hydrogens is 390 g/mol. The van der Waals surface area contributed by atoms with E-state index in [2.05, 4.69) is 17.4 Å². The number of hydrogen-bond acceptors (Lipinski definition) is 5. The predicted octanol–water partition coefficient (Wildman–Crippen LogP) is 4.51. The first kappa shape index (κ1) is 21.1. The second kappa shape index (κ2) is 9.31. The summed E-state index contributed by atoms with van der Waals surface area (Å²) < 4.78 is 10.5. The van der Waals surface area contributed by atoms with E-state index in [9.17, 15) is 9.59 Å². The molecule has 1 aliphatic carbocycles. The molecule has 0 saturated heterocycles. The molecule has 0 amide bonds. The predicted molar refractivity (Wildman–Crippen MR) is 119 cm³/mol. The molecule has 1 aliphatic heterocycles. The summed E-state index contributed by atoms with van der Waals surface area (Å²) in [7, 11) is 1.56. The summed E-state index contributed by atoms with van der Waals surface area (Å²) in [5.41, 5.74) is 6.00. The number of nitrogens with one attached hydrogen (secondary N) is 1. The maximum absolute atomic E-state index is 13.0. The number of carbonyl (C=O) groups excluding carboxylic acids is 2. The Hall–Kier alpha value is -3.18. The van der Waals surface area contributed by atoms with Gasteiger partial charge >= 0.3 is 5.97 Å². The first-order valence-corrected chi connectivity index (χ1v) is 10.7. The van der Waals surface area contributed by atoms with Crippen molar-refractivity contribution in [3.63, 3.8) is 0 Å². The molecule has 160 valence electrons. The SMILES string of the molecule is COCCOC(=O)C1=C(C)NC2=C(C(=O)CCC2)C1c1ccc(-c2ccccc2)cc1. The first-order chi connectivity index (χ1) is 15.1. The van der Waals surface area contributed by atoms with Gasteiger partial charge in [0.2, 0.25) is 0 Å². The van der Waals surface area contributed by atoms with Crippen molar-refractivity contribution in [2.75, 3.05) is 20.3 Å². The third kappa shape index (κ3) is 4.32. The molecule has 0 bridgehead atoms. The number of rotatable bonds is 6. The number of dihydropyridines is 1. The van der Waals surface area contributed by atoms with Crippen molar-refractivity contribution >= 4 is 11.8 Å². The number of benzene rings is 2. The number of hydrogen-bond donors (Lipinski definition) is 1. The summed E-state index contributed by atoms with van der Waals surface area (Å²) in [4.78, 5) is 26.0. The van der Waals surface area contributed by atoms with Crippen molar-refractivity contribution in [2.24, 2.45) is 0 Å². The molecule has 31 heavy (non-hydrogen) atoms. The van der Waals surface area contributed by atoms with Crippen molar-refractivity contribution in [1.29, 1.82) is 0 Å². The normalized spacial score (nSPS) is 18.5. The van der Waals surface area contributed by atoms with Gasteiger partial charge in [0.1, 0.15) is 6.61 Å². The van der Waals surface area contributed by atoms with Gasteiger partial charge in [0.25, 0.3) is 0 Å². The number of allylic oxidation sites excluding steroid dienone is 3. The van der Waals surface area contributed by atoms with Gasteiger partial charge < -0.3 is 14.8 Å². The Morgan fingerprint density at radius 1 is 1.00 bits per heavy atom. The topological polar surface area (TPSA) is 64.6 Å². The fraction of sp³-hybridized carbons (Fsp3) is 0.308. The van der Waals surface area contributed by atoms with E-state index in [1.165, 1.54) is 0 Å². The second-order valence-corrected chi connectivity index (χ2v) is 7.88. The summed E-state index contributed by atoms with van der Waals surface area (Å²) in [6, 6.07) is 18.3. The van der Waals surface area contributed by atoms with Gasteiger partial charge in [-0.05, 0) is 36.5 Å². The zero-order chi connectivity index (χ0) is 21.8. The molecule has 5 heteroatoms. The summed E-state index contributed by atoms with van der Waals surface area (Å²) in [6.07, 6.45) is 2.14. The maximum atomic E-state index is 13.0. The van der Waals surface area contributed by atoms with Gasteiger partial charge in [0.05, 0.1) is 12.2 Å². The molecule has 2 aromatic rings. The Kier molecular flexibility index (Phi) is 6.33. The largest absolute Gasteiger partial charge is 0.460 e. The highest BCUT2D eigenvalue weighted by molar-refractivity contribution is 6.03. The quantitative estimate of drug-likeness (QED) is 0.553. The Labute approximate surface area is 182 Å². The van der Waals surface area contributed by atoms with Crippen LogP contribution in [0.4, 0.5) is 0 Å². The van der Waals surface area contributed by atoms with E-state index in [1.54, 1.807) is 7.11 Å². The number of ketones is 1. The number of esters is 1. The van der Waals surface area contributed by atoms with Gasteiger partial charge in [-0.1, -0.05) is 54.6 Å². The molecular formula is C26H27NO4. The zero-order valence-electron chi connectivity index (χ0n) is 17.9. The average Bonchev–Trinajstić information content (AvgIpc) is 2.79. The molecule has 1 heterocycles. The van der Waals surface area contributed by atoms with Crippen molar-refractivity contribution in [1.82, 2.24) is 5.32 Å². The highest BCUT2D eigenvalue weighted by atomic mass is 16.6. The van der Waals surface area contributed by atoms with Gasteiger partial charge in [-0.25, -0.2) is 4.79 Å². The van der Waals surface area contributed by atoms with Crippen molar-refractivity contribution in [2.45, 2.75) is 32.1 Å². The van der Waals surface area contributed by atoms with Crippen LogP contribution >= 0.6 is 0 Å². The molecule has 0 spiro atoms. The number of methoxy groups -OCH3 is 1. The Morgan fingerprint density at radius 2 is 1.71 bits per heavy atom. The summed E-state index contributed by atoms with van der Waals surface area (Å²) in [5, 5.41) is 3.31. The van der Waals surface area contributed by atoms with Gasteiger partial charge in [-0.2, -0.15) is 0 Å². The van der Waals surface area contributed by atoms with Crippen LogP contribution in [0.2, 0.25) is 0 Å². The van der Waals surface area contributed by atoms with E-state index in [0.29, 0.717) is 24.2 Å². The standard InChI is InChI=1S/C26H27NO4/c1-17-23(26(29)31-16-15-30-2)24(25-21(27-17)9-6-10-22(25)28)20-13-11-19(12-14-20)18-7-4-3-5-8-18/h3-5,7-8,11-14,24,27H,6,9-10,15-16H2,1-2H3. The number of ether oxygens (including phenoxy) is 2. The van der Waals surface area contributed by atoms with Gasteiger partial charge in [0, 0.05) is 36.4 Å². The van der Waals surface area contributed by atoms with E-state index in [1.807, 2.05) is 49.4 Å². The average molecular weight is 418 g/mol. The third-order valence-corrected chi connectivity index (χ3v) is 5.87. The van der Waals surface area contributed by atoms with Crippen LogP contribution in [0.15, 0.2) is 77.1 Å². The fourth-order valence-corrected chi connectivity index (χ4v) is 4.38. The third-order valence-electron chi connectivity index (χ3n) is 5.87. The van der Waals surface area contributed by atoms with E-state index in [-0.39, 0.29) is 12.4 Å². The molecule has 0 aromatic heterocycles. The molecule has 2 aliphatic rings. The Bertz CT molecular complexity index is 1030. The summed E-state index contributed by atoms with van der Waals surface area (Å²) in [6.45, 7) is 2.38. The van der Waals surface area contributed by atoms with Crippen LogP contribution in [-0.2, 0) is 19.1 Å². The molecule has 1 unspecified atom stereocenters. The number of Topliss-reactive ketones (excluding diaryl/α,β-unsaturated/α-hetero) is 1. The zero-order valence-corrected chi connectivity index (χ0v) is 17.9. The van der Waals surface area contributed by atoms with Crippen molar-refractivity contribution in [3.05, 3.63) is 82.7 Å². The maximum Gasteiger partial charge on any atom is 0.336 e. The van der Waals surface area contributed by atoms with E-state index in [4.69, 9.17) is 9.47 Å². The Balaban J connectivity index is 1.73. The van der Waals surface area contributed by atoms with E-state index in [0.717, 1.165) is 40.9 Å². The lowest BCUT2D eigenvalue weighted by Crippen LogP contribution is -2.34. The summed E-state index contributed by atoms with van der Waals surface area (Å²) in [5.74, 6) is -0.742. The van der Waals surface area contributed by atoms with Crippen LogP contribution in [0.1, 0.15) is 37.7 Å². The van der Waals surface area contributed by atoms with E-state index >= 15 is 0 Å². The molecule has 0 radical (unpaired) electrons. The minimum Gasteiger partial charge on any atom is -0.460 e. The van der Waals surface area contributed by atoms with Crippen LogP contribution in [-0.4, -0.2) is 32.1 Å². The lowest BCUT2D eigenvalue weighted by Gasteiger charge is -2.34. The van der Waals surface area contributed by atoms with Crippen LogP contribution < -0.4 is 5.32 Å². The smallest absolute Gasteiger partial charge is 0.336 e. The lowest BCUT2D eigenvalue weighted by atomic mass is 9.75. The molecule has 1 N–H and O–H groups in total. The Morgan fingerprint density at radius 3 is 2.42 bits per heavy atom. The minimum atomic E-state index is -0.427. The molecule has 1 atom stereocenters.